The fraction of sp³-hybridized carbons (Fsp3) is 0. The number of benzene rings is 8. The molecule has 11 N–H and O–H groups in total. The van der Waals surface area contributed by atoms with E-state index >= 15 is 0 Å². The van der Waals surface area contributed by atoms with Gasteiger partial charge in [0, 0.05) is 27.8 Å². The van der Waals surface area contributed by atoms with E-state index in [1.165, 1.54) is 84.9 Å². The number of hydrogen-bond acceptors (Lipinski definition) is 24. The molecular weight excluding hydrogens is 1050 g/mol. The number of phenols is 2. The number of fused-ring (bicyclic) bond motifs is 2. The summed E-state index contributed by atoms with van der Waals surface area (Å²) >= 11 is 0. The number of anilines is 6. The van der Waals surface area contributed by atoms with Crippen molar-refractivity contribution >= 4 is 132 Å². The van der Waals surface area contributed by atoms with Gasteiger partial charge in [0.2, 0.25) is 0 Å². The Kier molecular flexibility index (Phi) is 18.9. The van der Waals surface area contributed by atoms with Gasteiger partial charge in [0.15, 0.2) is 11.5 Å². The van der Waals surface area contributed by atoms with Gasteiger partial charge < -0.3 is 52.1 Å². The van der Waals surface area contributed by atoms with Crippen molar-refractivity contribution in [3.05, 3.63) is 127 Å². The van der Waals surface area contributed by atoms with Crippen LogP contribution in [0.5, 0.6) is 11.5 Å². The Morgan fingerprint density at radius 2 is 0.784 bits per heavy atom. The molecule has 8 rings (SSSR count). The Hall–Kier alpha value is -5.99. The number of azo groups is 4. The second kappa shape index (κ2) is 23.7. The van der Waals surface area contributed by atoms with Crippen LogP contribution in [0.25, 0.3) is 21.5 Å². The van der Waals surface area contributed by atoms with Crippen LogP contribution in [0.15, 0.2) is 183 Å². The molecule has 0 aliphatic rings. The van der Waals surface area contributed by atoms with Gasteiger partial charge in [-0.2, -0.15) is 20.5 Å². The van der Waals surface area contributed by atoms with Gasteiger partial charge in [0.25, 0.3) is 0 Å². The van der Waals surface area contributed by atoms with E-state index in [9.17, 15) is 49.1 Å². The smallest absolute Gasteiger partial charge is 0.744 e. The molecule has 0 saturated heterocycles. The molecule has 8 aromatic rings. The van der Waals surface area contributed by atoms with Gasteiger partial charge in [-0.25, -0.2) is 25.3 Å². The number of nitrogens with two attached hydrogens (primary N) is 4. The molecule has 0 fully saturated rings. The third-order valence-corrected chi connectivity index (χ3v) is 12.7. The maximum atomic E-state index is 12.5. The number of nitrogen functional groups attached to an aromatic ring is 4. The molecule has 0 aliphatic carbocycles. The van der Waals surface area contributed by atoms with E-state index < -0.39 is 67.9 Å². The summed E-state index contributed by atoms with van der Waals surface area (Å²) < 4.78 is 111. The molecule has 0 aromatic heterocycles. The largest absolute Gasteiger partial charge is 1.00 e. The third-order valence-electron chi connectivity index (χ3n) is 10.2. The van der Waals surface area contributed by atoms with Crippen molar-refractivity contribution in [3.8, 4) is 11.5 Å². The number of phenolic OH excluding ortho intramolecular Hbond substituents is 2. The SMILES string of the molecule is Nc1ccc(N=Nc2ccc3cc(S(=O)(=O)[O-])c(N=Nc4ccc(Nc5ccc(N=Nc6c(S(=O)(=O)[O-])cc7ccc(N=Nc8ccc(N)cc8N)cc7c6O)cc5S(=O)(=O)[O-])cc4)c(O)c3c2)c(N)c1.[Na+].[Na+].[Na+]. The molecule has 0 bridgehead atoms. The van der Waals surface area contributed by atoms with E-state index in [4.69, 9.17) is 22.9 Å². The summed E-state index contributed by atoms with van der Waals surface area (Å²) in [5.41, 5.74) is 23.8. The van der Waals surface area contributed by atoms with Crippen LogP contribution in [-0.2, 0) is 30.4 Å². The van der Waals surface area contributed by atoms with Gasteiger partial charge in [0.05, 0.1) is 54.5 Å². The maximum Gasteiger partial charge on any atom is 1.00 e. The minimum atomic E-state index is -5.30. The molecule has 0 saturated carbocycles. The molecule has 24 nitrogen and oxygen atoms in total. The molecule has 360 valence electrons. The van der Waals surface area contributed by atoms with Crippen LogP contribution in [0.4, 0.5) is 79.6 Å². The van der Waals surface area contributed by atoms with Crippen LogP contribution in [0.3, 0.4) is 0 Å². The first-order chi connectivity index (χ1) is 33.5. The summed E-state index contributed by atoms with van der Waals surface area (Å²) in [4.78, 5) is -2.68. The van der Waals surface area contributed by atoms with Crippen molar-refractivity contribution in [1.29, 1.82) is 0 Å². The maximum absolute atomic E-state index is 12.5. The van der Waals surface area contributed by atoms with Crippen LogP contribution in [0.2, 0.25) is 0 Å². The fourth-order valence-electron chi connectivity index (χ4n) is 6.77. The molecule has 0 heterocycles. The minimum Gasteiger partial charge on any atom is -0.744 e. The van der Waals surface area contributed by atoms with Gasteiger partial charge >= 0.3 is 88.7 Å². The zero-order valence-corrected chi connectivity index (χ0v) is 47.3. The predicted octanol–water partition coefficient (Wildman–Crippen LogP) is 0.863. The zero-order valence-electron chi connectivity index (χ0n) is 38.8. The minimum absolute atomic E-state index is 0. The van der Waals surface area contributed by atoms with Crippen molar-refractivity contribution in [3.63, 3.8) is 0 Å². The third kappa shape index (κ3) is 13.6. The normalized spacial score (nSPS) is 12.1. The Morgan fingerprint density at radius 3 is 1.20 bits per heavy atom. The standard InChI is InChI=1S/C44H35N13O11S3.3Na/c45-24-3-12-35(33(47)17-24)54-51-28-5-1-22-15-39(70(63,64)65)41(43(58)31(22)19-28)56-50-27-9-7-26(8-10-27)49-37-14-11-30(21-38(37)69(60,61)62)53-57-42-40(71(66,67)68)16-23-2-6-29(20-32(23)44(42)59)52-55-36-13-4-25(46)18-34(36)48;;;/h1-21,49,58-59H,45-48H2,(H,60,61,62)(H,63,64,65)(H,66,67,68);;;/q;3*+1/p-3. The van der Waals surface area contributed by atoms with Gasteiger partial charge in [-0.3, -0.25) is 0 Å². The van der Waals surface area contributed by atoms with Crippen molar-refractivity contribution in [2.45, 2.75) is 14.7 Å². The first-order valence-electron chi connectivity index (χ1n) is 20.0. The molecule has 8 aromatic carbocycles. The van der Waals surface area contributed by atoms with Gasteiger partial charge in [-0.05, 0) is 126 Å². The molecule has 74 heavy (non-hydrogen) atoms. The quantitative estimate of drug-likeness (QED) is 0.0364. The Morgan fingerprint density at radius 1 is 0.405 bits per heavy atom. The van der Waals surface area contributed by atoms with E-state index in [1.54, 1.807) is 18.2 Å². The van der Waals surface area contributed by atoms with Gasteiger partial charge in [0.1, 0.15) is 53.1 Å². The second-order valence-electron chi connectivity index (χ2n) is 15.1. The number of hydrogen-bond donors (Lipinski definition) is 7. The van der Waals surface area contributed by atoms with Gasteiger partial charge in [-0.15, -0.1) is 20.5 Å². The van der Waals surface area contributed by atoms with Crippen LogP contribution in [0, 0.1) is 0 Å². The molecule has 30 heteroatoms. The summed E-state index contributed by atoms with van der Waals surface area (Å²) in [6, 6.07) is 28.0. The first kappa shape index (κ1) is 58.9. The molecule has 0 aliphatic heterocycles. The molecule has 0 amide bonds. The molecule has 0 atom stereocenters. The molecule has 0 radical (unpaired) electrons. The average Bonchev–Trinajstić information content (AvgIpc) is 3.30. The average molecular weight is 1080 g/mol. The van der Waals surface area contributed by atoms with Crippen molar-refractivity contribution < 1.29 is 138 Å². The van der Waals surface area contributed by atoms with Crippen molar-refractivity contribution in [2.75, 3.05) is 28.3 Å². The monoisotopic (exact) mass is 1080 g/mol. The van der Waals surface area contributed by atoms with E-state index in [0.717, 1.165) is 24.3 Å². The van der Waals surface area contributed by atoms with E-state index in [0.29, 0.717) is 17.1 Å². The van der Waals surface area contributed by atoms with Crippen molar-refractivity contribution in [2.24, 2.45) is 40.9 Å². The van der Waals surface area contributed by atoms with Crippen LogP contribution >= 0.6 is 0 Å². The topological polar surface area (TPSA) is 427 Å². The van der Waals surface area contributed by atoms with Crippen molar-refractivity contribution in [1.82, 2.24) is 0 Å². The summed E-state index contributed by atoms with van der Waals surface area (Å²) in [6.07, 6.45) is 0. The number of nitrogens with zero attached hydrogens (tertiary/aromatic N) is 8. The zero-order chi connectivity index (χ0) is 51.0. The summed E-state index contributed by atoms with van der Waals surface area (Å²) in [5.74, 6) is -1.51. The van der Waals surface area contributed by atoms with Crippen LogP contribution in [0.1, 0.15) is 0 Å². The molecule has 0 spiro atoms. The predicted molar refractivity (Wildman–Crippen MR) is 259 cm³/mol. The first-order valence-corrected chi connectivity index (χ1v) is 24.2. The van der Waals surface area contributed by atoms with Gasteiger partial charge in [-0.1, -0.05) is 12.1 Å². The summed E-state index contributed by atoms with van der Waals surface area (Å²) in [5, 5.41) is 57.3. The Labute approximate surface area is 486 Å². The number of rotatable bonds is 13. The number of aromatic hydroxyl groups is 2. The van der Waals surface area contributed by atoms with E-state index in [2.05, 4.69) is 46.2 Å². The summed E-state index contributed by atoms with van der Waals surface area (Å²) in [6.45, 7) is 0. The van der Waals surface area contributed by atoms with Crippen LogP contribution in [-0.4, -0.2) is 49.1 Å². The number of nitrogens with one attached hydrogen (secondary N) is 1. The van der Waals surface area contributed by atoms with E-state index in [1.807, 2.05) is 0 Å². The molecule has 0 unspecified atom stereocenters. The van der Waals surface area contributed by atoms with E-state index in [-0.39, 0.29) is 161 Å². The Bertz CT molecular complexity index is 3990. The second-order valence-corrected chi connectivity index (χ2v) is 19.2. The van der Waals surface area contributed by atoms with Crippen LogP contribution < -0.4 is 117 Å². The Balaban J connectivity index is 0.00000338. The fourth-order valence-corrected chi connectivity index (χ4v) is 8.72. The summed E-state index contributed by atoms with van der Waals surface area (Å²) in [7, 11) is -15.8. The molecular formula is C44H32N13Na3O11S3.